The van der Waals surface area contributed by atoms with Crippen LogP contribution in [0.3, 0.4) is 0 Å². The van der Waals surface area contributed by atoms with Crippen molar-refractivity contribution in [2.24, 2.45) is 0 Å². The molecule has 0 saturated carbocycles. The summed E-state index contributed by atoms with van der Waals surface area (Å²) in [5.74, 6) is 0.405. The molecular formula is C19H22N2O3. The number of amides is 1. The Morgan fingerprint density at radius 3 is 2.54 bits per heavy atom. The highest BCUT2D eigenvalue weighted by molar-refractivity contribution is 5.97. The fraction of sp³-hybridized carbons (Fsp3) is 0.368. The molecule has 1 N–H and O–H groups in total. The number of benzene rings is 1. The summed E-state index contributed by atoms with van der Waals surface area (Å²) >= 11 is 0. The van der Waals surface area contributed by atoms with Gasteiger partial charge in [-0.15, -0.1) is 0 Å². The van der Waals surface area contributed by atoms with Crippen LogP contribution in [0.15, 0.2) is 42.6 Å². The Kier molecular flexibility index (Phi) is 4.53. The summed E-state index contributed by atoms with van der Waals surface area (Å²) in [6.07, 6.45) is 2.62. The van der Waals surface area contributed by atoms with E-state index in [1.807, 2.05) is 37.3 Å². The number of carbonyl (C=O) groups excluding carboxylic acids is 1. The molecule has 1 aromatic heterocycles. The fourth-order valence-corrected chi connectivity index (χ4v) is 3.16. The maximum absolute atomic E-state index is 12.8. The zero-order valence-electron chi connectivity index (χ0n) is 14.0. The quantitative estimate of drug-likeness (QED) is 0.941. The molecule has 0 spiro atoms. The maximum atomic E-state index is 12.8. The number of carbonyl (C=O) groups is 1. The first-order valence-electron chi connectivity index (χ1n) is 8.11. The number of piperidine rings is 1. The molecule has 24 heavy (non-hydrogen) atoms. The number of methoxy groups -OCH3 is 1. The second-order valence-corrected chi connectivity index (χ2v) is 6.22. The van der Waals surface area contributed by atoms with Crippen molar-refractivity contribution >= 4 is 5.91 Å². The SMILES string of the molecule is COc1cnc(C)cc1C(=O)N1CCC(O)(c2ccccc2)CC1. The van der Waals surface area contributed by atoms with Gasteiger partial charge in [-0.2, -0.15) is 0 Å². The van der Waals surface area contributed by atoms with Crippen molar-refractivity contribution in [3.63, 3.8) is 0 Å². The molecule has 5 nitrogen and oxygen atoms in total. The number of likely N-dealkylation sites (tertiary alicyclic amines) is 1. The molecule has 1 aliphatic rings. The molecule has 5 heteroatoms. The van der Waals surface area contributed by atoms with Gasteiger partial charge in [0.2, 0.25) is 0 Å². The van der Waals surface area contributed by atoms with Gasteiger partial charge in [-0.25, -0.2) is 0 Å². The van der Waals surface area contributed by atoms with Crippen LogP contribution in [0.4, 0.5) is 0 Å². The lowest BCUT2D eigenvalue weighted by Crippen LogP contribution is -2.45. The minimum absolute atomic E-state index is 0.0764. The number of rotatable bonds is 3. The van der Waals surface area contributed by atoms with Gasteiger partial charge in [-0.3, -0.25) is 9.78 Å². The van der Waals surface area contributed by atoms with E-state index in [1.54, 1.807) is 17.2 Å². The van der Waals surface area contributed by atoms with Gasteiger partial charge in [0.05, 0.1) is 24.5 Å². The highest BCUT2D eigenvalue weighted by Crippen LogP contribution is 2.33. The van der Waals surface area contributed by atoms with Gasteiger partial charge in [0.25, 0.3) is 5.91 Å². The first-order chi connectivity index (χ1) is 11.5. The van der Waals surface area contributed by atoms with Gasteiger partial charge in [-0.05, 0) is 31.4 Å². The summed E-state index contributed by atoms with van der Waals surface area (Å²) in [5, 5.41) is 10.9. The number of aliphatic hydroxyl groups is 1. The molecular weight excluding hydrogens is 304 g/mol. The Balaban J connectivity index is 1.75. The van der Waals surface area contributed by atoms with Crippen molar-refractivity contribution in [3.8, 4) is 5.75 Å². The summed E-state index contributed by atoms with van der Waals surface area (Å²) in [6, 6.07) is 11.4. The third-order valence-electron chi connectivity index (χ3n) is 4.64. The molecule has 1 aliphatic heterocycles. The number of pyridine rings is 1. The molecule has 1 amide bonds. The molecule has 1 aromatic carbocycles. The van der Waals surface area contributed by atoms with E-state index < -0.39 is 5.60 Å². The van der Waals surface area contributed by atoms with Gasteiger partial charge in [0.15, 0.2) is 0 Å². The average Bonchev–Trinajstić information content (AvgIpc) is 2.62. The molecule has 2 heterocycles. The Bertz CT molecular complexity index is 723. The van der Waals surface area contributed by atoms with E-state index in [4.69, 9.17) is 4.74 Å². The van der Waals surface area contributed by atoms with Gasteiger partial charge in [0.1, 0.15) is 5.75 Å². The monoisotopic (exact) mass is 326 g/mol. The number of aromatic nitrogens is 1. The predicted octanol–water partition coefficient (Wildman–Crippen LogP) is 2.52. The van der Waals surface area contributed by atoms with Crippen molar-refractivity contribution in [1.82, 2.24) is 9.88 Å². The van der Waals surface area contributed by atoms with Crippen molar-refractivity contribution in [2.75, 3.05) is 20.2 Å². The summed E-state index contributed by atoms with van der Waals surface area (Å²) in [4.78, 5) is 18.8. The number of hydrogen-bond acceptors (Lipinski definition) is 4. The van der Waals surface area contributed by atoms with Crippen molar-refractivity contribution < 1.29 is 14.6 Å². The normalized spacial score (nSPS) is 16.7. The highest BCUT2D eigenvalue weighted by Gasteiger charge is 2.36. The second kappa shape index (κ2) is 6.61. The summed E-state index contributed by atoms with van der Waals surface area (Å²) in [5.41, 5.74) is 1.34. The lowest BCUT2D eigenvalue weighted by atomic mass is 9.84. The number of aryl methyl sites for hydroxylation is 1. The van der Waals surface area contributed by atoms with Crippen LogP contribution in [-0.4, -0.2) is 41.1 Å². The van der Waals surface area contributed by atoms with Crippen LogP contribution in [0, 0.1) is 6.92 Å². The van der Waals surface area contributed by atoms with Crippen LogP contribution in [0.2, 0.25) is 0 Å². The summed E-state index contributed by atoms with van der Waals surface area (Å²) < 4.78 is 5.26. The lowest BCUT2D eigenvalue weighted by Gasteiger charge is -2.38. The second-order valence-electron chi connectivity index (χ2n) is 6.22. The van der Waals surface area contributed by atoms with Crippen LogP contribution in [-0.2, 0) is 5.60 Å². The first-order valence-corrected chi connectivity index (χ1v) is 8.11. The van der Waals surface area contributed by atoms with E-state index in [0.717, 1.165) is 11.3 Å². The molecule has 0 unspecified atom stereocenters. The summed E-state index contributed by atoms with van der Waals surface area (Å²) in [7, 11) is 1.54. The van der Waals surface area contributed by atoms with Crippen molar-refractivity contribution in [3.05, 3.63) is 59.4 Å². The molecule has 1 saturated heterocycles. The molecule has 126 valence electrons. The predicted molar refractivity (Wildman–Crippen MR) is 91.0 cm³/mol. The molecule has 2 aromatic rings. The minimum atomic E-state index is -0.865. The standard InChI is InChI=1S/C19H22N2O3/c1-14-12-16(17(24-2)13-20-14)18(22)21-10-8-19(23,9-11-21)15-6-4-3-5-7-15/h3-7,12-13,23H,8-11H2,1-2H3. The van der Waals surface area contributed by atoms with Crippen molar-refractivity contribution in [2.45, 2.75) is 25.4 Å². The molecule has 0 aliphatic carbocycles. The Morgan fingerprint density at radius 1 is 1.25 bits per heavy atom. The van der Waals surface area contributed by atoms with Gasteiger partial charge >= 0.3 is 0 Å². The lowest BCUT2D eigenvalue weighted by molar-refractivity contribution is -0.0212. The van der Waals surface area contributed by atoms with Gasteiger partial charge < -0.3 is 14.7 Å². The zero-order chi connectivity index (χ0) is 17.2. The topological polar surface area (TPSA) is 62.7 Å². The van der Waals surface area contributed by atoms with Crippen LogP contribution in [0.25, 0.3) is 0 Å². The molecule has 1 fully saturated rings. The van der Waals surface area contributed by atoms with E-state index in [1.165, 1.54) is 7.11 Å². The summed E-state index contributed by atoms with van der Waals surface area (Å²) in [6.45, 7) is 2.87. The number of hydrogen-bond donors (Lipinski definition) is 1. The van der Waals surface area contributed by atoms with Crippen LogP contribution >= 0.6 is 0 Å². The molecule has 3 rings (SSSR count). The van der Waals surface area contributed by atoms with E-state index in [-0.39, 0.29) is 5.91 Å². The third kappa shape index (κ3) is 3.12. The van der Waals surface area contributed by atoms with Gasteiger partial charge in [-0.1, -0.05) is 30.3 Å². The third-order valence-corrected chi connectivity index (χ3v) is 4.64. The molecule has 0 bridgehead atoms. The smallest absolute Gasteiger partial charge is 0.257 e. The average molecular weight is 326 g/mol. The Labute approximate surface area is 141 Å². The van der Waals surface area contributed by atoms with E-state index in [0.29, 0.717) is 37.2 Å². The van der Waals surface area contributed by atoms with E-state index in [9.17, 15) is 9.90 Å². The number of nitrogens with zero attached hydrogens (tertiary/aromatic N) is 2. The van der Waals surface area contributed by atoms with Gasteiger partial charge in [0, 0.05) is 18.8 Å². The number of ether oxygens (including phenoxy) is 1. The molecule has 0 radical (unpaired) electrons. The molecule has 0 atom stereocenters. The Morgan fingerprint density at radius 2 is 1.92 bits per heavy atom. The maximum Gasteiger partial charge on any atom is 0.257 e. The minimum Gasteiger partial charge on any atom is -0.494 e. The van der Waals surface area contributed by atoms with Crippen molar-refractivity contribution in [1.29, 1.82) is 0 Å². The van der Waals surface area contributed by atoms with Crippen LogP contribution < -0.4 is 4.74 Å². The van der Waals surface area contributed by atoms with E-state index in [2.05, 4.69) is 4.98 Å². The fourth-order valence-electron chi connectivity index (χ4n) is 3.16. The van der Waals surface area contributed by atoms with Crippen LogP contribution in [0.1, 0.15) is 34.5 Å². The van der Waals surface area contributed by atoms with Crippen LogP contribution in [0.5, 0.6) is 5.75 Å². The Hall–Kier alpha value is -2.40. The zero-order valence-corrected chi connectivity index (χ0v) is 14.0. The largest absolute Gasteiger partial charge is 0.494 e. The van der Waals surface area contributed by atoms with E-state index >= 15 is 0 Å². The highest BCUT2D eigenvalue weighted by atomic mass is 16.5. The first kappa shape index (κ1) is 16.5.